The second-order valence-corrected chi connectivity index (χ2v) is 6.72. The van der Waals surface area contributed by atoms with Gasteiger partial charge in [-0.25, -0.2) is 0 Å². The van der Waals surface area contributed by atoms with E-state index in [2.05, 4.69) is 48.0 Å². The van der Waals surface area contributed by atoms with Crippen LogP contribution in [0.1, 0.15) is 43.4 Å². The summed E-state index contributed by atoms with van der Waals surface area (Å²) in [5.74, 6) is 0. The number of nitrogens with zero attached hydrogens (tertiary/aromatic N) is 2. The minimum absolute atomic E-state index is 0.171. The zero-order valence-electron chi connectivity index (χ0n) is 13.5. The highest BCUT2D eigenvalue weighted by Crippen LogP contribution is 2.31. The predicted molar refractivity (Wildman–Crippen MR) is 88.4 cm³/mol. The van der Waals surface area contributed by atoms with Gasteiger partial charge in [0.05, 0.1) is 0 Å². The monoisotopic (exact) mass is 287 g/mol. The van der Waals surface area contributed by atoms with Gasteiger partial charge in [-0.3, -0.25) is 4.90 Å². The van der Waals surface area contributed by atoms with Crippen LogP contribution in [0.25, 0.3) is 0 Å². The Morgan fingerprint density at radius 1 is 1.24 bits per heavy atom. The molecule has 3 unspecified atom stereocenters. The summed E-state index contributed by atoms with van der Waals surface area (Å²) in [5, 5.41) is 0. The Morgan fingerprint density at radius 2 is 2.05 bits per heavy atom. The van der Waals surface area contributed by atoms with Gasteiger partial charge in [0, 0.05) is 37.8 Å². The topological polar surface area (TPSA) is 32.5 Å². The van der Waals surface area contributed by atoms with Crippen LogP contribution in [-0.2, 0) is 6.42 Å². The van der Waals surface area contributed by atoms with Crippen LogP contribution in [0, 0.1) is 0 Å². The number of fused-ring (bicyclic) bond motifs is 1. The summed E-state index contributed by atoms with van der Waals surface area (Å²) in [5.41, 5.74) is 9.54. The van der Waals surface area contributed by atoms with Gasteiger partial charge in [-0.15, -0.1) is 0 Å². The minimum Gasteiger partial charge on any atom is -0.323 e. The molecule has 3 rings (SSSR count). The molecule has 1 aromatic rings. The molecule has 1 aliphatic heterocycles. The van der Waals surface area contributed by atoms with Crippen LogP contribution >= 0.6 is 0 Å². The first-order chi connectivity index (χ1) is 10.2. The van der Waals surface area contributed by atoms with Gasteiger partial charge in [0.15, 0.2) is 0 Å². The quantitative estimate of drug-likeness (QED) is 0.848. The highest BCUT2D eigenvalue weighted by molar-refractivity contribution is 5.32. The summed E-state index contributed by atoms with van der Waals surface area (Å²) in [4.78, 5) is 5.17. The van der Waals surface area contributed by atoms with Gasteiger partial charge in [0.2, 0.25) is 0 Å². The van der Waals surface area contributed by atoms with Gasteiger partial charge in [0.1, 0.15) is 0 Å². The fourth-order valence-corrected chi connectivity index (χ4v) is 4.10. The lowest BCUT2D eigenvalue weighted by atomic mass is 9.94. The smallest absolute Gasteiger partial charge is 0.0455 e. The molecule has 0 amide bonds. The molecule has 1 saturated heterocycles. The second-order valence-electron chi connectivity index (χ2n) is 6.72. The maximum Gasteiger partial charge on any atom is 0.0455 e. The molecule has 1 heterocycles. The lowest BCUT2D eigenvalue weighted by Gasteiger charge is -2.44. The minimum atomic E-state index is 0.171. The molecule has 1 aliphatic carbocycles. The molecule has 3 heteroatoms. The summed E-state index contributed by atoms with van der Waals surface area (Å²) in [7, 11) is 2.26. The number of hydrogen-bond acceptors (Lipinski definition) is 3. The van der Waals surface area contributed by atoms with Crippen molar-refractivity contribution in [2.24, 2.45) is 5.73 Å². The molecule has 3 nitrogen and oxygen atoms in total. The number of piperazine rings is 1. The molecule has 1 aromatic carbocycles. The maximum absolute atomic E-state index is 6.69. The van der Waals surface area contributed by atoms with Gasteiger partial charge in [0.25, 0.3) is 0 Å². The SMILES string of the molecule is CCC1CN(C2CCCc3ccccc3C2N)CCN1C. The summed E-state index contributed by atoms with van der Waals surface area (Å²) in [6, 6.07) is 10.2. The van der Waals surface area contributed by atoms with E-state index in [4.69, 9.17) is 5.73 Å². The van der Waals surface area contributed by atoms with E-state index < -0.39 is 0 Å². The Morgan fingerprint density at radius 3 is 2.86 bits per heavy atom. The van der Waals surface area contributed by atoms with Crippen molar-refractivity contribution in [3.8, 4) is 0 Å². The molecule has 0 bridgehead atoms. The number of likely N-dealkylation sites (N-methyl/N-ethyl adjacent to an activating group) is 1. The van der Waals surface area contributed by atoms with Crippen LogP contribution in [0.15, 0.2) is 24.3 Å². The number of benzene rings is 1. The first-order valence-corrected chi connectivity index (χ1v) is 8.48. The van der Waals surface area contributed by atoms with E-state index in [1.165, 1.54) is 49.9 Å². The number of aryl methyl sites for hydroxylation is 1. The summed E-state index contributed by atoms with van der Waals surface area (Å²) < 4.78 is 0. The van der Waals surface area contributed by atoms with Gasteiger partial charge in [-0.2, -0.15) is 0 Å². The molecule has 2 N–H and O–H groups in total. The van der Waals surface area contributed by atoms with E-state index >= 15 is 0 Å². The molecule has 3 atom stereocenters. The van der Waals surface area contributed by atoms with E-state index in [0.29, 0.717) is 12.1 Å². The van der Waals surface area contributed by atoms with Crippen LogP contribution in [0.4, 0.5) is 0 Å². The van der Waals surface area contributed by atoms with E-state index in [1.807, 2.05) is 0 Å². The van der Waals surface area contributed by atoms with E-state index in [1.54, 1.807) is 0 Å². The Kier molecular flexibility index (Phi) is 4.63. The average Bonchev–Trinajstić information content (AvgIpc) is 2.68. The van der Waals surface area contributed by atoms with Gasteiger partial charge < -0.3 is 10.6 Å². The normalized spacial score (nSPS) is 31.7. The van der Waals surface area contributed by atoms with Crippen molar-refractivity contribution < 1.29 is 0 Å². The summed E-state index contributed by atoms with van der Waals surface area (Å²) in [6.45, 7) is 5.80. The Balaban J connectivity index is 1.79. The van der Waals surface area contributed by atoms with E-state index in [0.717, 1.165) is 6.54 Å². The van der Waals surface area contributed by atoms with Crippen molar-refractivity contribution in [2.45, 2.75) is 50.7 Å². The summed E-state index contributed by atoms with van der Waals surface area (Å²) >= 11 is 0. The highest BCUT2D eigenvalue weighted by Gasteiger charge is 2.33. The van der Waals surface area contributed by atoms with Crippen molar-refractivity contribution >= 4 is 0 Å². The molecule has 1 fully saturated rings. The molecule has 0 saturated carbocycles. The third kappa shape index (κ3) is 3.01. The summed E-state index contributed by atoms with van der Waals surface area (Å²) in [6.07, 6.45) is 4.91. The Hall–Kier alpha value is -0.900. The van der Waals surface area contributed by atoms with Crippen molar-refractivity contribution in [1.82, 2.24) is 9.80 Å². The molecule has 0 aromatic heterocycles. The van der Waals surface area contributed by atoms with Crippen LogP contribution in [0.3, 0.4) is 0 Å². The molecule has 116 valence electrons. The Bertz CT molecular complexity index is 473. The molecule has 0 spiro atoms. The molecular formula is C18H29N3. The average molecular weight is 287 g/mol. The lowest BCUT2D eigenvalue weighted by molar-refractivity contribution is 0.0505. The molecule has 0 radical (unpaired) electrons. The zero-order chi connectivity index (χ0) is 14.8. The van der Waals surface area contributed by atoms with Crippen molar-refractivity contribution in [2.75, 3.05) is 26.7 Å². The van der Waals surface area contributed by atoms with Gasteiger partial charge in [-0.05, 0) is 43.9 Å². The van der Waals surface area contributed by atoms with E-state index in [-0.39, 0.29) is 6.04 Å². The predicted octanol–water partition coefficient (Wildman–Crippen LogP) is 2.42. The van der Waals surface area contributed by atoms with Crippen LogP contribution in [0.2, 0.25) is 0 Å². The number of nitrogens with two attached hydrogens (primary N) is 1. The first kappa shape index (κ1) is 15.0. The molecule has 2 aliphatic rings. The molecular weight excluding hydrogens is 258 g/mol. The highest BCUT2D eigenvalue weighted by atomic mass is 15.3. The molecule has 21 heavy (non-hydrogen) atoms. The number of rotatable bonds is 2. The lowest BCUT2D eigenvalue weighted by Crippen LogP contribution is -2.56. The third-order valence-corrected chi connectivity index (χ3v) is 5.52. The van der Waals surface area contributed by atoms with Crippen molar-refractivity contribution in [1.29, 1.82) is 0 Å². The van der Waals surface area contributed by atoms with Crippen LogP contribution in [0.5, 0.6) is 0 Å². The maximum atomic E-state index is 6.69. The van der Waals surface area contributed by atoms with Crippen LogP contribution < -0.4 is 5.73 Å². The van der Waals surface area contributed by atoms with Crippen molar-refractivity contribution in [3.63, 3.8) is 0 Å². The van der Waals surface area contributed by atoms with Crippen LogP contribution in [-0.4, -0.2) is 48.6 Å². The Labute approximate surface area is 129 Å². The van der Waals surface area contributed by atoms with E-state index in [9.17, 15) is 0 Å². The fourth-order valence-electron chi connectivity index (χ4n) is 4.10. The third-order valence-electron chi connectivity index (χ3n) is 5.52. The number of hydrogen-bond donors (Lipinski definition) is 1. The largest absolute Gasteiger partial charge is 0.323 e. The van der Waals surface area contributed by atoms with Gasteiger partial charge >= 0.3 is 0 Å². The first-order valence-electron chi connectivity index (χ1n) is 8.48. The fraction of sp³-hybridized carbons (Fsp3) is 0.667. The van der Waals surface area contributed by atoms with Crippen molar-refractivity contribution in [3.05, 3.63) is 35.4 Å². The zero-order valence-corrected chi connectivity index (χ0v) is 13.5. The second kappa shape index (κ2) is 6.47. The standard InChI is InChI=1S/C18H29N3/c1-3-15-13-21(12-11-20(15)2)17-10-6-8-14-7-4-5-9-16(14)18(17)19/h4-5,7,9,15,17-18H,3,6,8,10-13,19H2,1-2H3. The van der Waals surface area contributed by atoms with Gasteiger partial charge in [-0.1, -0.05) is 31.2 Å².